The number of carbonyl (C=O) groups is 2. The molecule has 1 heterocycles. The molecule has 0 aromatic rings. The van der Waals surface area contributed by atoms with Crippen LogP contribution in [-0.4, -0.2) is 42.2 Å². The number of hydrogen-bond acceptors (Lipinski definition) is 4. The predicted molar refractivity (Wildman–Crippen MR) is 61.5 cm³/mol. The molecule has 0 aromatic heterocycles. The molecule has 17 heavy (non-hydrogen) atoms. The van der Waals surface area contributed by atoms with E-state index in [1.807, 2.05) is 6.92 Å². The highest BCUT2D eigenvalue weighted by Gasteiger charge is 2.56. The van der Waals surface area contributed by atoms with E-state index in [0.717, 1.165) is 18.6 Å². The molecule has 0 aromatic carbocycles. The van der Waals surface area contributed by atoms with Gasteiger partial charge < -0.3 is 9.74 Å². The molecule has 1 saturated carbocycles. The zero-order valence-corrected chi connectivity index (χ0v) is 10.3. The van der Waals surface area contributed by atoms with Gasteiger partial charge in [0, 0.05) is 14.1 Å². The maximum Gasteiger partial charge on any atom is 0.323 e. The van der Waals surface area contributed by atoms with E-state index in [4.69, 9.17) is 4.84 Å². The van der Waals surface area contributed by atoms with Crippen LogP contribution in [0, 0.1) is 5.92 Å². The Hall–Kier alpha value is -1.59. The molecule has 2 unspecified atom stereocenters. The summed E-state index contributed by atoms with van der Waals surface area (Å²) in [6, 6.07) is -0.428. The van der Waals surface area contributed by atoms with Crippen molar-refractivity contribution in [3.63, 3.8) is 0 Å². The van der Waals surface area contributed by atoms with Gasteiger partial charge >= 0.3 is 6.03 Å². The minimum absolute atomic E-state index is 0.0115. The first-order valence-corrected chi connectivity index (χ1v) is 5.73. The van der Waals surface area contributed by atoms with E-state index in [-0.39, 0.29) is 11.8 Å². The molecule has 1 aliphatic carbocycles. The lowest BCUT2D eigenvalue weighted by atomic mass is 9.87. The monoisotopic (exact) mass is 239 g/mol. The van der Waals surface area contributed by atoms with Gasteiger partial charge in [0.1, 0.15) is 0 Å². The maximum absolute atomic E-state index is 12.2. The number of rotatable bonds is 1. The summed E-state index contributed by atoms with van der Waals surface area (Å²) in [5.74, 6) is -0.364. The van der Waals surface area contributed by atoms with Crippen molar-refractivity contribution >= 4 is 17.6 Å². The number of carbonyl (C=O) groups excluding carboxylic acids is 2. The van der Waals surface area contributed by atoms with Gasteiger partial charge in [0.2, 0.25) is 5.60 Å². The zero-order valence-electron chi connectivity index (χ0n) is 10.3. The summed E-state index contributed by atoms with van der Waals surface area (Å²) in [6.45, 7) is 1.86. The molecule has 2 aliphatic rings. The molecule has 6 nitrogen and oxygen atoms in total. The Morgan fingerprint density at radius 3 is 2.88 bits per heavy atom. The summed E-state index contributed by atoms with van der Waals surface area (Å²) in [4.78, 5) is 30.3. The van der Waals surface area contributed by atoms with Crippen LogP contribution >= 0.6 is 0 Å². The van der Waals surface area contributed by atoms with Gasteiger partial charge in [-0.25, -0.2) is 4.79 Å². The van der Waals surface area contributed by atoms with Gasteiger partial charge in [0.15, 0.2) is 0 Å². The highest BCUT2D eigenvalue weighted by atomic mass is 16.7. The number of oxime groups is 1. The summed E-state index contributed by atoms with van der Waals surface area (Å²) < 4.78 is 0. The molecular formula is C11H17N3O3. The lowest BCUT2D eigenvalue weighted by molar-refractivity contribution is -0.145. The van der Waals surface area contributed by atoms with E-state index >= 15 is 0 Å². The number of urea groups is 1. The smallest absolute Gasteiger partial charge is 0.323 e. The average molecular weight is 239 g/mol. The third kappa shape index (κ3) is 1.77. The molecule has 0 saturated heterocycles. The number of fused-ring (bicyclic) bond motifs is 1. The Bertz CT molecular complexity index is 391. The van der Waals surface area contributed by atoms with E-state index in [2.05, 4.69) is 10.5 Å². The van der Waals surface area contributed by atoms with Crippen molar-refractivity contribution in [2.75, 3.05) is 14.1 Å². The summed E-state index contributed by atoms with van der Waals surface area (Å²) >= 11 is 0. The summed E-state index contributed by atoms with van der Waals surface area (Å²) in [6.07, 6.45) is 2.42. The van der Waals surface area contributed by atoms with Gasteiger partial charge in [-0.05, 0) is 26.2 Å². The first-order chi connectivity index (χ1) is 7.97. The Labute approximate surface area is 100.0 Å². The fourth-order valence-corrected chi connectivity index (χ4v) is 2.48. The molecule has 2 atom stereocenters. The van der Waals surface area contributed by atoms with Crippen LogP contribution in [0.4, 0.5) is 4.79 Å². The summed E-state index contributed by atoms with van der Waals surface area (Å²) in [7, 11) is 3.17. The van der Waals surface area contributed by atoms with Crippen LogP contribution < -0.4 is 5.32 Å². The van der Waals surface area contributed by atoms with E-state index in [1.165, 1.54) is 4.90 Å². The van der Waals surface area contributed by atoms with E-state index in [9.17, 15) is 9.59 Å². The lowest BCUT2D eigenvalue weighted by Gasteiger charge is -2.25. The summed E-state index contributed by atoms with van der Waals surface area (Å²) in [5.41, 5.74) is -0.106. The quantitative estimate of drug-likeness (QED) is 0.733. The normalized spacial score (nSPS) is 30.3. The molecule has 0 radical (unpaired) electrons. The highest BCUT2D eigenvalue weighted by molar-refractivity contribution is 6.03. The van der Waals surface area contributed by atoms with Crippen molar-refractivity contribution in [2.24, 2.45) is 11.1 Å². The number of nitrogens with zero attached hydrogens (tertiary/aromatic N) is 2. The van der Waals surface area contributed by atoms with Crippen molar-refractivity contribution < 1.29 is 14.4 Å². The van der Waals surface area contributed by atoms with Crippen LogP contribution in [0.1, 0.15) is 26.2 Å². The number of amides is 3. The highest BCUT2D eigenvalue weighted by Crippen LogP contribution is 2.43. The largest absolute Gasteiger partial charge is 0.378 e. The Morgan fingerprint density at radius 2 is 2.24 bits per heavy atom. The standard InChI is InChI=1S/C11H17N3O3/c1-7-8-5-4-6-11(8,17-13-7)9(15)12-10(16)14(2)3/h8H,4-6H2,1-3H3,(H,12,15,16). The Balaban J connectivity index is 2.12. The van der Waals surface area contributed by atoms with Gasteiger partial charge in [0.05, 0.1) is 11.6 Å². The molecule has 0 spiro atoms. The van der Waals surface area contributed by atoms with Crippen molar-refractivity contribution in [3.05, 3.63) is 0 Å². The lowest BCUT2D eigenvalue weighted by Crippen LogP contribution is -2.53. The fourth-order valence-electron chi connectivity index (χ4n) is 2.48. The topological polar surface area (TPSA) is 71.0 Å². The maximum atomic E-state index is 12.2. The second kappa shape index (κ2) is 4.01. The fraction of sp³-hybridized carbons (Fsp3) is 0.727. The second-order valence-electron chi connectivity index (χ2n) is 4.81. The Kier molecular flexibility index (Phi) is 2.81. The third-order valence-electron chi connectivity index (χ3n) is 3.47. The first kappa shape index (κ1) is 11.9. The van der Waals surface area contributed by atoms with E-state index in [0.29, 0.717) is 6.42 Å². The van der Waals surface area contributed by atoms with Crippen molar-refractivity contribution in [2.45, 2.75) is 31.8 Å². The van der Waals surface area contributed by atoms with Crippen LogP contribution in [0.2, 0.25) is 0 Å². The molecule has 3 amide bonds. The minimum atomic E-state index is -0.949. The molecule has 94 valence electrons. The van der Waals surface area contributed by atoms with Crippen molar-refractivity contribution in [1.82, 2.24) is 10.2 Å². The molecule has 2 rings (SSSR count). The van der Waals surface area contributed by atoms with Crippen LogP contribution in [0.25, 0.3) is 0 Å². The zero-order chi connectivity index (χ0) is 12.6. The van der Waals surface area contributed by atoms with Crippen LogP contribution in [0.5, 0.6) is 0 Å². The Morgan fingerprint density at radius 1 is 1.53 bits per heavy atom. The van der Waals surface area contributed by atoms with E-state index < -0.39 is 11.6 Å². The number of imide groups is 1. The van der Waals surface area contributed by atoms with Crippen molar-refractivity contribution in [3.8, 4) is 0 Å². The van der Waals surface area contributed by atoms with Gasteiger partial charge in [-0.2, -0.15) is 0 Å². The van der Waals surface area contributed by atoms with Gasteiger partial charge in [0.25, 0.3) is 5.91 Å². The third-order valence-corrected chi connectivity index (χ3v) is 3.47. The predicted octanol–water partition coefficient (Wildman–Crippen LogP) is 0.729. The van der Waals surface area contributed by atoms with Gasteiger partial charge in [-0.15, -0.1) is 0 Å². The average Bonchev–Trinajstić information content (AvgIpc) is 2.81. The molecule has 1 N–H and O–H groups in total. The molecular weight excluding hydrogens is 222 g/mol. The van der Waals surface area contributed by atoms with Crippen molar-refractivity contribution in [1.29, 1.82) is 0 Å². The number of nitrogens with one attached hydrogen (secondary N) is 1. The minimum Gasteiger partial charge on any atom is -0.378 e. The number of hydrogen-bond donors (Lipinski definition) is 1. The first-order valence-electron chi connectivity index (χ1n) is 5.73. The van der Waals surface area contributed by atoms with Gasteiger partial charge in [-0.1, -0.05) is 5.16 Å². The second-order valence-corrected chi connectivity index (χ2v) is 4.81. The summed E-state index contributed by atoms with van der Waals surface area (Å²) in [5, 5.41) is 6.25. The molecule has 6 heteroatoms. The molecule has 1 aliphatic heterocycles. The van der Waals surface area contributed by atoms with Gasteiger partial charge in [-0.3, -0.25) is 10.1 Å². The van der Waals surface area contributed by atoms with Crippen LogP contribution in [-0.2, 0) is 9.63 Å². The van der Waals surface area contributed by atoms with E-state index in [1.54, 1.807) is 14.1 Å². The molecule has 0 bridgehead atoms. The molecule has 1 fully saturated rings. The van der Waals surface area contributed by atoms with Crippen LogP contribution in [0.15, 0.2) is 5.16 Å². The van der Waals surface area contributed by atoms with Crippen LogP contribution in [0.3, 0.4) is 0 Å². The SMILES string of the molecule is CC1=NOC2(C(=O)NC(=O)N(C)C)CCCC12.